The average Bonchev–Trinajstić information content (AvgIpc) is 2.29. The zero-order chi connectivity index (χ0) is 11.8. The minimum Gasteiger partial charge on any atom is -0.356 e. The van der Waals surface area contributed by atoms with Gasteiger partial charge in [0, 0.05) is 19.5 Å². The van der Waals surface area contributed by atoms with E-state index >= 15 is 0 Å². The van der Waals surface area contributed by atoms with Crippen LogP contribution in [0, 0.1) is 5.92 Å². The molecule has 1 rings (SSSR count). The van der Waals surface area contributed by atoms with Gasteiger partial charge >= 0.3 is 0 Å². The fraction of sp³-hybridized carbons (Fsp3) is 0.917. The van der Waals surface area contributed by atoms with Gasteiger partial charge in [0.2, 0.25) is 5.91 Å². The van der Waals surface area contributed by atoms with Crippen molar-refractivity contribution in [2.75, 3.05) is 40.3 Å². The number of amides is 1. The Hall–Kier alpha value is -0.0300. The third kappa shape index (κ3) is 8.97. The standard InChI is InChI=1S/C12H25N3O.2ClH/c1-13-7-4-12(16)14-8-3-11-5-9-15(2)10-6-11;;/h11,13H,3-10H2,1-2H3,(H,14,16);2*1H. The quantitative estimate of drug-likeness (QED) is 0.777. The average molecular weight is 300 g/mol. The van der Waals surface area contributed by atoms with E-state index in [4.69, 9.17) is 0 Å². The highest BCUT2D eigenvalue weighted by molar-refractivity contribution is 5.85. The minimum absolute atomic E-state index is 0. The van der Waals surface area contributed by atoms with Gasteiger partial charge in [0.15, 0.2) is 0 Å². The zero-order valence-electron chi connectivity index (χ0n) is 11.4. The lowest BCUT2D eigenvalue weighted by molar-refractivity contribution is -0.121. The third-order valence-corrected chi connectivity index (χ3v) is 3.31. The molecule has 110 valence electrons. The molecule has 1 heterocycles. The molecule has 0 aromatic carbocycles. The molecule has 4 nitrogen and oxygen atoms in total. The Morgan fingerprint density at radius 2 is 1.83 bits per heavy atom. The summed E-state index contributed by atoms with van der Waals surface area (Å²) in [5, 5.41) is 5.96. The van der Waals surface area contributed by atoms with Crippen LogP contribution in [-0.2, 0) is 4.79 Å². The molecule has 0 aromatic rings. The first-order valence-corrected chi connectivity index (χ1v) is 6.32. The van der Waals surface area contributed by atoms with Crippen LogP contribution in [0.15, 0.2) is 0 Å². The Morgan fingerprint density at radius 3 is 2.39 bits per heavy atom. The van der Waals surface area contributed by atoms with E-state index in [1.807, 2.05) is 7.05 Å². The highest BCUT2D eigenvalue weighted by Gasteiger charge is 2.16. The van der Waals surface area contributed by atoms with Gasteiger partial charge in [0.1, 0.15) is 0 Å². The van der Waals surface area contributed by atoms with Crippen LogP contribution < -0.4 is 10.6 Å². The topological polar surface area (TPSA) is 44.4 Å². The Kier molecular flexibility index (Phi) is 13.6. The first-order chi connectivity index (χ1) is 7.72. The van der Waals surface area contributed by atoms with E-state index in [0.717, 1.165) is 25.4 Å². The van der Waals surface area contributed by atoms with Crippen molar-refractivity contribution in [3.05, 3.63) is 0 Å². The largest absolute Gasteiger partial charge is 0.356 e. The molecule has 0 bridgehead atoms. The fourth-order valence-electron chi connectivity index (χ4n) is 2.09. The fourth-order valence-corrected chi connectivity index (χ4v) is 2.09. The molecule has 0 atom stereocenters. The summed E-state index contributed by atoms with van der Waals surface area (Å²) in [5.41, 5.74) is 0. The van der Waals surface area contributed by atoms with Gasteiger partial charge < -0.3 is 15.5 Å². The Bertz CT molecular complexity index is 209. The van der Waals surface area contributed by atoms with Crippen LogP contribution in [-0.4, -0.2) is 51.1 Å². The normalized spacial score (nSPS) is 16.6. The number of hydrogen-bond donors (Lipinski definition) is 2. The molecule has 0 unspecified atom stereocenters. The lowest BCUT2D eigenvalue weighted by Gasteiger charge is -2.28. The molecule has 0 aliphatic carbocycles. The van der Waals surface area contributed by atoms with E-state index in [1.54, 1.807) is 0 Å². The first-order valence-electron chi connectivity index (χ1n) is 6.32. The number of nitrogens with zero attached hydrogens (tertiary/aromatic N) is 1. The summed E-state index contributed by atoms with van der Waals surface area (Å²) in [7, 11) is 4.04. The van der Waals surface area contributed by atoms with Crippen molar-refractivity contribution >= 4 is 30.7 Å². The van der Waals surface area contributed by atoms with Crippen LogP contribution in [0.25, 0.3) is 0 Å². The van der Waals surface area contributed by atoms with Crippen LogP contribution >= 0.6 is 24.8 Å². The van der Waals surface area contributed by atoms with Crippen LogP contribution in [0.4, 0.5) is 0 Å². The van der Waals surface area contributed by atoms with Crippen LogP contribution in [0.5, 0.6) is 0 Å². The van der Waals surface area contributed by atoms with Crippen molar-refractivity contribution in [2.45, 2.75) is 25.7 Å². The Morgan fingerprint density at radius 1 is 1.22 bits per heavy atom. The summed E-state index contributed by atoms with van der Waals surface area (Å²) in [4.78, 5) is 13.7. The molecule has 0 aromatic heterocycles. The third-order valence-electron chi connectivity index (χ3n) is 3.31. The number of nitrogens with one attached hydrogen (secondary N) is 2. The molecule has 1 fully saturated rings. The molecule has 0 radical (unpaired) electrons. The predicted molar refractivity (Wildman–Crippen MR) is 80.9 cm³/mol. The molecule has 1 saturated heterocycles. The van der Waals surface area contributed by atoms with Crippen molar-refractivity contribution in [2.24, 2.45) is 5.92 Å². The minimum atomic E-state index is 0. The molecule has 1 aliphatic rings. The Labute approximate surface area is 123 Å². The van der Waals surface area contributed by atoms with Gasteiger partial charge in [-0.2, -0.15) is 0 Å². The summed E-state index contributed by atoms with van der Waals surface area (Å²) in [6, 6.07) is 0. The number of hydrogen-bond acceptors (Lipinski definition) is 3. The maximum Gasteiger partial charge on any atom is 0.221 e. The maximum absolute atomic E-state index is 11.3. The molecular weight excluding hydrogens is 273 g/mol. The van der Waals surface area contributed by atoms with E-state index in [9.17, 15) is 4.79 Å². The van der Waals surface area contributed by atoms with Gasteiger partial charge in [-0.05, 0) is 52.4 Å². The van der Waals surface area contributed by atoms with Crippen molar-refractivity contribution in [3.8, 4) is 0 Å². The number of carbonyl (C=O) groups excluding carboxylic acids is 1. The first kappa shape index (κ1) is 20.3. The summed E-state index contributed by atoms with van der Waals surface area (Å²) >= 11 is 0. The SMILES string of the molecule is CNCCC(=O)NCCC1CCN(C)CC1.Cl.Cl. The number of carbonyl (C=O) groups is 1. The molecule has 0 spiro atoms. The summed E-state index contributed by atoms with van der Waals surface area (Å²) in [6.07, 6.45) is 4.29. The molecular formula is C12H27Cl2N3O. The van der Waals surface area contributed by atoms with E-state index in [1.165, 1.54) is 25.9 Å². The zero-order valence-corrected chi connectivity index (χ0v) is 13.0. The second kappa shape index (κ2) is 12.0. The van der Waals surface area contributed by atoms with Gasteiger partial charge in [-0.1, -0.05) is 0 Å². The van der Waals surface area contributed by atoms with Crippen LogP contribution in [0.1, 0.15) is 25.7 Å². The van der Waals surface area contributed by atoms with Gasteiger partial charge in [0.05, 0.1) is 0 Å². The molecule has 6 heteroatoms. The summed E-state index contributed by atoms with van der Waals surface area (Å²) in [5.74, 6) is 0.975. The lowest BCUT2D eigenvalue weighted by Crippen LogP contribution is -2.33. The number of piperidine rings is 1. The second-order valence-corrected chi connectivity index (χ2v) is 4.74. The Balaban J connectivity index is 0. The van der Waals surface area contributed by atoms with E-state index in [2.05, 4.69) is 22.6 Å². The molecule has 1 amide bonds. The van der Waals surface area contributed by atoms with Gasteiger partial charge in [-0.15, -0.1) is 24.8 Å². The van der Waals surface area contributed by atoms with Crippen LogP contribution in [0.3, 0.4) is 0 Å². The summed E-state index contributed by atoms with van der Waals surface area (Å²) < 4.78 is 0. The predicted octanol–water partition coefficient (Wildman–Crippen LogP) is 1.29. The van der Waals surface area contributed by atoms with Crippen molar-refractivity contribution in [3.63, 3.8) is 0 Å². The van der Waals surface area contributed by atoms with Crippen molar-refractivity contribution < 1.29 is 4.79 Å². The molecule has 2 N–H and O–H groups in total. The second-order valence-electron chi connectivity index (χ2n) is 4.74. The van der Waals surface area contributed by atoms with E-state index < -0.39 is 0 Å². The van der Waals surface area contributed by atoms with Gasteiger partial charge in [-0.3, -0.25) is 4.79 Å². The molecule has 18 heavy (non-hydrogen) atoms. The number of halogens is 2. The van der Waals surface area contributed by atoms with E-state index in [0.29, 0.717) is 6.42 Å². The van der Waals surface area contributed by atoms with Gasteiger partial charge in [0.25, 0.3) is 0 Å². The monoisotopic (exact) mass is 299 g/mol. The van der Waals surface area contributed by atoms with Gasteiger partial charge in [-0.25, -0.2) is 0 Å². The number of rotatable bonds is 6. The van der Waals surface area contributed by atoms with Crippen molar-refractivity contribution in [1.82, 2.24) is 15.5 Å². The highest BCUT2D eigenvalue weighted by atomic mass is 35.5. The maximum atomic E-state index is 11.3. The van der Waals surface area contributed by atoms with E-state index in [-0.39, 0.29) is 30.7 Å². The number of likely N-dealkylation sites (tertiary alicyclic amines) is 1. The molecule has 1 aliphatic heterocycles. The summed E-state index contributed by atoms with van der Waals surface area (Å²) in [6.45, 7) is 4.02. The van der Waals surface area contributed by atoms with Crippen LogP contribution in [0.2, 0.25) is 0 Å². The smallest absolute Gasteiger partial charge is 0.221 e. The lowest BCUT2D eigenvalue weighted by atomic mass is 9.94. The molecule has 0 saturated carbocycles. The van der Waals surface area contributed by atoms with Crippen molar-refractivity contribution in [1.29, 1.82) is 0 Å². The highest BCUT2D eigenvalue weighted by Crippen LogP contribution is 2.18.